The first-order chi connectivity index (χ1) is 4.20. The van der Waals surface area contributed by atoms with Gasteiger partial charge in [0.2, 0.25) is 0 Å². The van der Waals surface area contributed by atoms with Crippen molar-refractivity contribution in [3.63, 3.8) is 0 Å². The molecule has 0 spiro atoms. The van der Waals surface area contributed by atoms with E-state index in [0.29, 0.717) is 5.57 Å². The van der Waals surface area contributed by atoms with Crippen LogP contribution in [0.2, 0.25) is 0 Å². The van der Waals surface area contributed by atoms with Gasteiger partial charge in [-0.05, 0) is 18.1 Å². The molecule has 0 unspecified atom stereocenters. The van der Waals surface area contributed by atoms with Crippen molar-refractivity contribution >= 4 is 0 Å². The molecule has 0 saturated heterocycles. The molecule has 0 aromatic carbocycles. The van der Waals surface area contributed by atoms with E-state index in [-0.39, 0.29) is 6.42 Å². The molecule has 0 aromatic heterocycles. The van der Waals surface area contributed by atoms with Crippen LogP contribution in [-0.4, -0.2) is 0 Å². The minimum absolute atomic E-state index is 0.286. The van der Waals surface area contributed by atoms with Crippen molar-refractivity contribution in [2.45, 2.75) is 6.42 Å². The second kappa shape index (κ2) is 2.13. The molecule has 48 valence electrons. The summed E-state index contributed by atoms with van der Waals surface area (Å²) in [6, 6.07) is 0. The predicted octanol–water partition coefficient (Wildman–Crippen LogP) is 2.65. The molecule has 0 fully saturated rings. The van der Waals surface area contributed by atoms with Crippen molar-refractivity contribution in [2.24, 2.45) is 0 Å². The molecule has 0 saturated carbocycles. The van der Waals surface area contributed by atoms with Gasteiger partial charge < -0.3 is 0 Å². The van der Waals surface area contributed by atoms with Crippen molar-refractivity contribution < 1.29 is 8.78 Å². The SMILES string of the molecule is C=C1CC=C(F)C=C1F. The highest BCUT2D eigenvalue weighted by molar-refractivity contribution is 5.35. The Labute approximate surface area is 52.2 Å². The van der Waals surface area contributed by atoms with E-state index in [4.69, 9.17) is 0 Å². The zero-order valence-electron chi connectivity index (χ0n) is 4.82. The summed E-state index contributed by atoms with van der Waals surface area (Å²) in [6.45, 7) is 3.38. The normalized spacial score (nSPS) is 19.1. The van der Waals surface area contributed by atoms with Gasteiger partial charge in [0.05, 0.1) is 0 Å². The Bertz CT molecular complexity index is 199. The summed E-state index contributed by atoms with van der Waals surface area (Å²) in [5.41, 5.74) is 0.344. The summed E-state index contributed by atoms with van der Waals surface area (Å²) >= 11 is 0. The molecule has 1 aliphatic carbocycles. The molecule has 0 aliphatic heterocycles. The summed E-state index contributed by atoms with van der Waals surface area (Å²) < 4.78 is 24.4. The fourth-order valence-electron chi connectivity index (χ4n) is 0.600. The first-order valence-corrected chi connectivity index (χ1v) is 2.61. The van der Waals surface area contributed by atoms with Crippen molar-refractivity contribution in [1.82, 2.24) is 0 Å². The lowest BCUT2D eigenvalue weighted by atomic mass is 10.1. The highest BCUT2D eigenvalue weighted by atomic mass is 19.1. The van der Waals surface area contributed by atoms with Crippen molar-refractivity contribution in [1.29, 1.82) is 0 Å². The minimum Gasteiger partial charge on any atom is -0.207 e. The van der Waals surface area contributed by atoms with E-state index in [1.165, 1.54) is 6.08 Å². The quantitative estimate of drug-likeness (QED) is 0.470. The monoisotopic (exact) mass is 128 g/mol. The van der Waals surface area contributed by atoms with Gasteiger partial charge in [-0.15, -0.1) is 0 Å². The third kappa shape index (κ3) is 1.25. The van der Waals surface area contributed by atoms with Gasteiger partial charge in [0.25, 0.3) is 0 Å². The van der Waals surface area contributed by atoms with Gasteiger partial charge in [-0.3, -0.25) is 0 Å². The average molecular weight is 128 g/mol. The third-order valence-electron chi connectivity index (χ3n) is 1.15. The van der Waals surface area contributed by atoms with Gasteiger partial charge in [-0.2, -0.15) is 0 Å². The summed E-state index contributed by atoms with van der Waals surface area (Å²) in [6.07, 6.45) is 2.42. The van der Waals surface area contributed by atoms with E-state index in [1.807, 2.05) is 0 Å². The molecular formula is C7H6F2. The average Bonchev–Trinajstić information content (AvgIpc) is 1.80. The molecule has 0 aromatic rings. The number of allylic oxidation sites excluding steroid dienone is 5. The van der Waals surface area contributed by atoms with Crippen LogP contribution in [0.1, 0.15) is 6.42 Å². The smallest absolute Gasteiger partial charge is 0.129 e. The Balaban J connectivity index is 2.87. The van der Waals surface area contributed by atoms with E-state index in [0.717, 1.165) is 6.08 Å². The van der Waals surface area contributed by atoms with Gasteiger partial charge in [-0.25, -0.2) is 8.78 Å². The third-order valence-corrected chi connectivity index (χ3v) is 1.15. The van der Waals surface area contributed by atoms with Crippen LogP contribution in [0, 0.1) is 0 Å². The molecule has 0 N–H and O–H groups in total. The Morgan fingerprint density at radius 1 is 1.44 bits per heavy atom. The Morgan fingerprint density at radius 2 is 2.11 bits per heavy atom. The molecule has 1 rings (SSSR count). The molecule has 0 radical (unpaired) electrons. The highest BCUT2D eigenvalue weighted by Gasteiger charge is 2.06. The van der Waals surface area contributed by atoms with Crippen LogP contribution in [0.5, 0.6) is 0 Å². The topological polar surface area (TPSA) is 0 Å². The van der Waals surface area contributed by atoms with Crippen LogP contribution < -0.4 is 0 Å². The predicted molar refractivity (Wildman–Crippen MR) is 32.1 cm³/mol. The molecule has 1 aliphatic rings. The molecular weight excluding hydrogens is 122 g/mol. The second-order valence-electron chi connectivity index (χ2n) is 1.89. The van der Waals surface area contributed by atoms with Crippen LogP contribution in [0.15, 0.2) is 36.0 Å². The van der Waals surface area contributed by atoms with Gasteiger partial charge in [0.15, 0.2) is 0 Å². The molecule has 0 atom stereocenters. The lowest BCUT2D eigenvalue weighted by molar-refractivity contribution is 0.604. The fraction of sp³-hybridized carbons (Fsp3) is 0.143. The van der Waals surface area contributed by atoms with Crippen LogP contribution >= 0.6 is 0 Å². The summed E-state index contributed by atoms with van der Waals surface area (Å²) in [4.78, 5) is 0. The molecule has 0 heterocycles. The van der Waals surface area contributed by atoms with E-state index < -0.39 is 11.7 Å². The van der Waals surface area contributed by atoms with Crippen LogP contribution in [0.4, 0.5) is 8.78 Å². The van der Waals surface area contributed by atoms with Crippen molar-refractivity contribution in [2.75, 3.05) is 0 Å². The van der Waals surface area contributed by atoms with E-state index >= 15 is 0 Å². The Kier molecular flexibility index (Phi) is 1.47. The van der Waals surface area contributed by atoms with Gasteiger partial charge in [-0.1, -0.05) is 6.58 Å². The largest absolute Gasteiger partial charge is 0.207 e. The van der Waals surface area contributed by atoms with Crippen molar-refractivity contribution in [3.8, 4) is 0 Å². The maximum atomic E-state index is 12.3. The maximum absolute atomic E-state index is 12.3. The van der Waals surface area contributed by atoms with Gasteiger partial charge in [0.1, 0.15) is 11.7 Å². The van der Waals surface area contributed by atoms with Crippen molar-refractivity contribution in [3.05, 3.63) is 36.0 Å². The number of rotatable bonds is 0. The minimum atomic E-state index is -0.546. The standard InChI is InChI=1S/C7H6F2/c1-5-2-3-6(8)4-7(5)9/h3-4H,1-2H2. The van der Waals surface area contributed by atoms with Gasteiger partial charge >= 0.3 is 0 Å². The molecule has 9 heavy (non-hydrogen) atoms. The zero-order valence-corrected chi connectivity index (χ0v) is 4.82. The lowest BCUT2D eigenvalue weighted by Crippen LogP contribution is -1.86. The van der Waals surface area contributed by atoms with Gasteiger partial charge in [0, 0.05) is 6.08 Å². The second-order valence-corrected chi connectivity index (χ2v) is 1.89. The molecule has 0 bridgehead atoms. The fourth-order valence-corrected chi connectivity index (χ4v) is 0.600. The molecule has 2 heteroatoms. The lowest BCUT2D eigenvalue weighted by Gasteiger charge is -2.02. The Hall–Kier alpha value is -0.920. The summed E-state index contributed by atoms with van der Waals surface area (Å²) in [7, 11) is 0. The summed E-state index contributed by atoms with van der Waals surface area (Å²) in [5, 5.41) is 0. The first kappa shape index (κ1) is 6.20. The zero-order chi connectivity index (χ0) is 6.85. The maximum Gasteiger partial charge on any atom is 0.129 e. The first-order valence-electron chi connectivity index (χ1n) is 2.61. The van der Waals surface area contributed by atoms with E-state index in [9.17, 15) is 8.78 Å². The number of hydrogen-bond acceptors (Lipinski definition) is 0. The summed E-state index contributed by atoms with van der Waals surface area (Å²) in [5.74, 6) is -1.06. The van der Waals surface area contributed by atoms with Crippen LogP contribution in [0.3, 0.4) is 0 Å². The van der Waals surface area contributed by atoms with Crippen LogP contribution in [0.25, 0.3) is 0 Å². The van der Waals surface area contributed by atoms with Crippen LogP contribution in [-0.2, 0) is 0 Å². The number of halogens is 2. The van der Waals surface area contributed by atoms with E-state index in [1.54, 1.807) is 0 Å². The molecule has 0 nitrogen and oxygen atoms in total. The van der Waals surface area contributed by atoms with E-state index in [2.05, 4.69) is 6.58 Å². The Morgan fingerprint density at radius 3 is 2.56 bits per heavy atom. The number of hydrogen-bond donors (Lipinski definition) is 0. The molecule has 0 amide bonds. The highest BCUT2D eigenvalue weighted by Crippen LogP contribution is 2.22.